The molecule has 1 heterocycles. The molecule has 1 saturated carbocycles. The Bertz CT molecular complexity index is 377. The maximum Gasteiger partial charge on any atom is 0.269 e. The van der Waals surface area contributed by atoms with Crippen LogP contribution in [0, 0.1) is 5.92 Å². The molecule has 16 heavy (non-hydrogen) atoms. The van der Waals surface area contributed by atoms with Crippen molar-refractivity contribution >= 4 is 17.5 Å². The number of nitrogens with one attached hydrogen (secondary N) is 1. The number of rotatable bonds is 3. The highest BCUT2D eigenvalue weighted by molar-refractivity contribution is 6.20. The highest BCUT2D eigenvalue weighted by atomic mass is 35.5. The first kappa shape index (κ1) is 11.5. The van der Waals surface area contributed by atoms with Crippen LogP contribution in [-0.4, -0.2) is 27.6 Å². The zero-order valence-electron chi connectivity index (χ0n) is 9.32. The van der Waals surface area contributed by atoms with E-state index >= 15 is 0 Å². The predicted octanol–water partition coefficient (Wildman–Crippen LogP) is 1.56. The fraction of sp³-hybridized carbons (Fsp3) is 0.636. The van der Waals surface area contributed by atoms with Gasteiger partial charge in [-0.05, 0) is 31.2 Å². The van der Waals surface area contributed by atoms with E-state index in [1.54, 1.807) is 24.0 Å². The lowest BCUT2D eigenvalue weighted by molar-refractivity contribution is 0.0938. The summed E-state index contributed by atoms with van der Waals surface area (Å²) in [6, 6.07) is 1.72. The Morgan fingerprint density at radius 1 is 1.69 bits per heavy atom. The van der Waals surface area contributed by atoms with Crippen LogP contribution in [0.5, 0.6) is 0 Å². The summed E-state index contributed by atoms with van der Waals surface area (Å²) in [6.07, 6.45) is 4.81. The van der Waals surface area contributed by atoms with Crippen LogP contribution in [-0.2, 0) is 7.05 Å². The molecule has 1 aliphatic carbocycles. The average Bonchev–Trinajstić information content (AvgIpc) is 2.84. The third-order valence-electron chi connectivity index (χ3n) is 3.08. The van der Waals surface area contributed by atoms with Crippen molar-refractivity contribution < 1.29 is 4.79 Å². The number of amides is 1. The number of aryl methyl sites for hydroxylation is 1. The van der Waals surface area contributed by atoms with Crippen molar-refractivity contribution in [1.82, 2.24) is 15.1 Å². The SMILES string of the molecule is Cn1nccc1C(=O)NCC1CCC(Cl)C1. The van der Waals surface area contributed by atoms with Gasteiger partial charge in [0.1, 0.15) is 5.69 Å². The van der Waals surface area contributed by atoms with Crippen molar-refractivity contribution in [2.45, 2.75) is 24.6 Å². The summed E-state index contributed by atoms with van der Waals surface area (Å²) in [6.45, 7) is 0.716. The molecule has 1 amide bonds. The monoisotopic (exact) mass is 241 g/mol. The second kappa shape index (κ2) is 4.87. The van der Waals surface area contributed by atoms with Crippen LogP contribution in [0.15, 0.2) is 12.3 Å². The summed E-state index contributed by atoms with van der Waals surface area (Å²) >= 11 is 6.02. The van der Waals surface area contributed by atoms with Crippen LogP contribution in [0.4, 0.5) is 0 Å². The summed E-state index contributed by atoms with van der Waals surface area (Å²) in [5.74, 6) is 0.470. The van der Waals surface area contributed by atoms with Gasteiger partial charge in [0.2, 0.25) is 0 Å². The standard InChI is InChI=1S/C11H16ClN3O/c1-15-10(4-5-14-15)11(16)13-7-8-2-3-9(12)6-8/h4-5,8-9H,2-3,6-7H2,1H3,(H,13,16). The minimum atomic E-state index is -0.0574. The molecule has 0 aromatic carbocycles. The van der Waals surface area contributed by atoms with E-state index in [1.165, 1.54) is 0 Å². The van der Waals surface area contributed by atoms with Gasteiger partial charge in [-0.15, -0.1) is 11.6 Å². The van der Waals surface area contributed by atoms with Gasteiger partial charge in [-0.25, -0.2) is 0 Å². The van der Waals surface area contributed by atoms with Crippen LogP contribution in [0.25, 0.3) is 0 Å². The lowest BCUT2D eigenvalue weighted by Crippen LogP contribution is -2.30. The van der Waals surface area contributed by atoms with Crippen LogP contribution in [0.2, 0.25) is 0 Å². The molecule has 2 atom stereocenters. The lowest BCUT2D eigenvalue weighted by atomic mass is 10.1. The molecule has 1 aromatic heterocycles. The lowest BCUT2D eigenvalue weighted by Gasteiger charge is -2.10. The Balaban J connectivity index is 1.82. The van der Waals surface area contributed by atoms with E-state index in [2.05, 4.69) is 10.4 Å². The quantitative estimate of drug-likeness (QED) is 0.817. The van der Waals surface area contributed by atoms with Crippen molar-refractivity contribution in [3.63, 3.8) is 0 Å². The number of hydrogen-bond acceptors (Lipinski definition) is 2. The average molecular weight is 242 g/mol. The molecule has 88 valence electrons. The minimum Gasteiger partial charge on any atom is -0.350 e. The molecule has 4 nitrogen and oxygen atoms in total. The largest absolute Gasteiger partial charge is 0.350 e. The maximum absolute atomic E-state index is 11.8. The number of aromatic nitrogens is 2. The normalized spacial score (nSPS) is 24.6. The molecule has 2 rings (SSSR count). The van der Waals surface area contributed by atoms with Crippen LogP contribution >= 0.6 is 11.6 Å². The van der Waals surface area contributed by atoms with Gasteiger partial charge in [-0.3, -0.25) is 9.48 Å². The molecule has 0 saturated heterocycles. The van der Waals surface area contributed by atoms with E-state index in [-0.39, 0.29) is 5.91 Å². The van der Waals surface area contributed by atoms with Gasteiger partial charge in [0.25, 0.3) is 5.91 Å². The number of carbonyl (C=O) groups is 1. The van der Waals surface area contributed by atoms with Gasteiger partial charge in [0, 0.05) is 25.2 Å². The van der Waals surface area contributed by atoms with Crippen molar-refractivity contribution in [1.29, 1.82) is 0 Å². The minimum absolute atomic E-state index is 0.0574. The van der Waals surface area contributed by atoms with Crippen molar-refractivity contribution in [2.75, 3.05) is 6.54 Å². The molecule has 1 N–H and O–H groups in total. The van der Waals surface area contributed by atoms with Crippen molar-refractivity contribution in [2.24, 2.45) is 13.0 Å². The van der Waals surface area contributed by atoms with Crippen LogP contribution in [0.3, 0.4) is 0 Å². The van der Waals surface area contributed by atoms with E-state index in [0.717, 1.165) is 19.3 Å². The summed E-state index contributed by atoms with van der Waals surface area (Å²) in [7, 11) is 1.76. The number of carbonyl (C=O) groups excluding carboxylic acids is 1. The fourth-order valence-corrected chi connectivity index (χ4v) is 2.50. The smallest absolute Gasteiger partial charge is 0.269 e. The van der Waals surface area contributed by atoms with E-state index < -0.39 is 0 Å². The molecule has 2 unspecified atom stereocenters. The highest BCUT2D eigenvalue weighted by Crippen LogP contribution is 2.28. The van der Waals surface area contributed by atoms with Crippen molar-refractivity contribution in [3.05, 3.63) is 18.0 Å². The number of hydrogen-bond donors (Lipinski definition) is 1. The Morgan fingerprint density at radius 3 is 3.06 bits per heavy atom. The second-order valence-electron chi connectivity index (χ2n) is 4.33. The fourth-order valence-electron chi connectivity index (χ4n) is 2.12. The molecule has 1 aliphatic rings. The maximum atomic E-state index is 11.8. The summed E-state index contributed by atoms with van der Waals surface area (Å²) in [5, 5.41) is 7.18. The first-order chi connectivity index (χ1) is 7.66. The first-order valence-electron chi connectivity index (χ1n) is 5.57. The van der Waals surface area contributed by atoms with Crippen LogP contribution < -0.4 is 5.32 Å². The van der Waals surface area contributed by atoms with Gasteiger partial charge in [-0.1, -0.05) is 0 Å². The van der Waals surface area contributed by atoms with E-state index in [1.807, 2.05) is 0 Å². The Kier molecular flexibility index (Phi) is 3.49. The van der Waals surface area contributed by atoms with Crippen molar-refractivity contribution in [3.8, 4) is 0 Å². The molecule has 5 heteroatoms. The van der Waals surface area contributed by atoms with Crippen LogP contribution in [0.1, 0.15) is 29.8 Å². The number of nitrogens with zero attached hydrogens (tertiary/aromatic N) is 2. The Morgan fingerprint density at radius 2 is 2.50 bits per heavy atom. The van der Waals surface area contributed by atoms with Gasteiger partial charge in [-0.2, -0.15) is 5.10 Å². The molecule has 0 radical (unpaired) electrons. The zero-order valence-corrected chi connectivity index (χ0v) is 10.1. The molecule has 0 spiro atoms. The topological polar surface area (TPSA) is 46.9 Å². The number of halogens is 1. The Labute approximate surface area is 100.0 Å². The molecule has 1 fully saturated rings. The summed E-state index contributed by atoms with van der Waals surface area (Å²) < 4.78 is 1.58. The molecule has 1 aromatic rings. The van der Waals surface area contributed by atoms with E-state index in [9.17, 15) is 4.79 Å². The summed E-state index contributed by atoms with van der Waals surface area (Å²) in [5.41, 5.74) is 0.598. The zero-order chi connectivity index (χ0) is 11.5. The molecule has 0 bridgehead atoms. The Hall–Kier alpha value is -1.03. The summed E-state index contributed by atoms with van der Waals surface area (Å²) in [4.78, 5) is 11.8. The molecular formula is C11H16ClN3O. The van der Waals surface area contributed by atoms with Gasteiger partial charge < -0.3 is 5.32 Å². The molecule has 0 aliphatic heterocycles. The second-order valence-corrected chi connectivity index (χ2v) is 4.94. The number of alkyl halides is 1. The third-order valence-corrected chi connectivity index (χ3v) is 3.48. The molecular weight excluding hydrogens is 226 g/mol. The highest BCUT2D eigenvalue weighted by Gasteiger charge is 2.23. The van der Waals surface area contributed by atoms with Gasteiger partial charge in [0.05, 0.1) is 0 Å². The third kappa shape index (κ3) is 2.55. The van der Waals surface area contributed by atoms with E-state index in [0.29, 0.717) is 23.5 Å². The first-order valence-corrected chi connectivity index (χ1v) is 6.00. The van der Waals surface area contributed by atoms with E-state index in [4.69, 9.17) is 11.6 Å². The van der Waals surface area contributed by atoms with Gasteiger partial charge >= 0.3 is 0 Å². The predicted molar refractivity (Wildman–Crippen MR) is 62.5 cm³/mol. The van der Waals surface area contributed by atoms with Gasteiger partial charge in [0.15, 0.2) is 0 Å².